The van der Waals surface area contributed by atoms with Crippen LogP contribution in [0.3, 0.4) is 0 Å². The van der Waals surface area contributed by atoms with Crippen molar-refractivity contribution >= 4 is 81.7 Å². The highest BCUT2D eigenvalue weighted by atomic mass is 35.5. The number of nitrogens with one attached hydrogen (secondary N) is 3. The van der Waals surface area contributed by atoms with E-state index in [0.717, 1.165) is 10.5 Å². The smallest absolute Gasteiger partial charge is 0.272 e. The van der Waals surface area contributed by atoms with E-state index in [1.165, 1.54) is 17.8 Å². The molecule has 0 bridgehead atoms. The molecule has 0 aromatic heterocycles. The van der Waals surface area contributed by atoms with Gasteiger partial charge in [0.05, 0.1) is 20.8 Å². The van der Waals surface area contributed by atoms with Gasteiger partial charge in [0.1, 0.15) is 10.9 Å². The normalized spacial score (nSPS) is 11.8. The third-order valence-electron chi connectivity index (χ3n) is 6.63. The maximum absolute atomic E-state index is 13.6. The molecule has 10 heteroatoms. The van der Waals surface area contributed by atoms with E-state index in [9.17, 15) is 14.4 Å². The average Bonchev–Trinajstić information content (AvgIpc) is 3.07. The van der Waals surface area contributed by atoms with Crippen molar-refractivity contribution in [3.8, 4) is 0 Å². The SMILES string of the molecule is O=C(Nc1cccc(SC(C(=O)Nc2ccccc2Cl)c2ccccc2)c1)/C(=C\c1cccc(Cl)c1Cl)NC(=O)c1ccccc1. The molecule has 0 saturated heterocycles. The summed E-state index contributed by atoms with van der Waals surface area (Å²) in [6.45, 7) is 0. The number of amides is 3. The van der Waals surface area contributed by atoms with Crippen molar-refractivity contribution in [2.75, 3.05) is 10.6 Å². The van der Waals surface area contributed by atoms with Crippen LogP contribution >= 0.6 is 46.6 Å². The van der Waals surface area contributed by atoms with Crippen LogP contribution < -0.4 is 16.0 Å². The number of thioether (sulfide) groups is 1. The van der Waals surface area contributed by atoms with Gasteiger partial charge in [-0.3, -0.25) is 14.4 Å². The van der Waals surface area contributed by atoms with Gasteiger partial charge >= 0.3 is 0 Å². The van der Waals surface area contributed by atoms with E-state index in [4.69, 9.17) is 34.8 Å². The number of benzene rings is 5. The number of carbonyl (C=O) groups excluding carboxylic acids is 3. The molecular weight excluding hydrogens is 661 g/mol. The zero-order chi connectivity index (χ0) is 32.5. The summed E-state index contributed by atoms with van der Waals surface area (Å²) in [5, 5.41) is 8.82. The van der Waals surface area contributed by atoms with Gasteiger partial charge in [-0.05, 0) is 65.7 Å². The summed E-state index contributed by atoms with van der Waals surface area (Å²) in [6.07, 6.45) is 1.47. The summed E-state index contributed by atoms with van der Waals surface area (Å²) in [7, 11) is 0. The molecule has 1 unspecified atom stereocenters. The predicted octanol–water partition coefficient (Wildman–Crippen LogP) is 9.53. The Morgan fingerprint density at radius 3 is 2.07 bits per heavy atom. The van der Waals surface area contributed by atoms with Crippen molar-refractivity contribution in [2.45, 2.75) is 10.1 Å². The largest absolute Gasteiger partial charge is 0.323 e. The first-order chi connectivity index (χ1) is 22.3. The zero-order valence-electron chi connectivity index (χ0n) is 24.0. The monoisotopic (exact) mass is 685 g/mol. The Hall–Kier alpha value is -4.53. The van der Waals surface area contributed by atoms with Crippen molar-refractivity contribution in [1.82, 2.24) is 5.32 Å². The third kappa shape index (κ3) is 8.59. The highest BCUT2D eigenvalue weighted by Crippen LogP contribution is 2.38. The van der Waals surface area contributed by atoms with Crippen LogP contribution in [0.15, 0.2) is 138 Å². The molecular formula is C36H26Cl3N3O3S. The van der Waals surface area contributed by atoms with Gasteiger partial charge < -0.3 is 16.0 Å². The van der Waals surface area contributed by atoms with E-state index in [2.05, 4.69) is 16.0 Å². The van der Waals surface area contributed by atoms with Gasteiger partial charge in [0.25, 0.3) is 11.8 Å². The Labute approximate surface area is 285 Å². The number of hydrogen-bond acceptors (Lipinski definition) is 4. The Balaban J connectivity index is 1.40. The lowest BCUT2D eigenvalue weighted by Gasteiger charge is -2.18. The first-order valence-electron chi connectivity index (χ1n) is 14.0. The number of hydrogen-bond donors (Lipinski definition) is 3. The number of para-hydroxylation sites is 1. The highest BCUT2D eigenvalue weighted by molar-refractivity contribution is 8.00. The zero-order valence-corrected chi connectivity index (χ0v) is 27.1. The summed E-state index contributed by atoms with van der Waals surface area (Å²) >= 11 is 20.2. The molecule has 230 valence electrons. The van der Waals surface area contributed by atoms with E-state index < -0.39 is 17.1 Å². The summed E-state index contributed by atoms with van der Waals surface area (Å²) in [5.41, 5.74) is 2.53. The summed E-state index contributed by atoms with van der Waals surface area (Å²) in [6, 6.07) is 37.0. The lowest BCUT2D eigenvalue weighted by Crippen LogP contribution is -2.30. The van der Waals surface area contributed by atoms with Crippen LogP contribution in [0.5, 0.6) is 0 Å². The number of rotatable bonds is 10. The van der Waals surface area contributed by atoms with Gasteiger partial charge in [0.2, 0.25) is 5.91 Å². The summed E-state index contributed by atoms with van der Waals surface area (Å²) < 4.78 is 0. The Bertz CT molecular complexity index is 1900. The molecule has 0 heterocycles. The second-order valence-corrected chi connectivity index (χ2v) is 12.3. The first kappa shape index (κ1) is 32.9. The minimum absolute atomic E-state index is 0.0441. The molecule has 0 aliphatic rings. The van der Waals surface area contributed by atoms with E-state index in [1.54, 1.807) is 91.0 Å². The van der Waals surface area contributed by atoms with Crippen LogP contribution in [0.25, 0.3) is 6.08 Å². The first-order valence-corrected chi connectivity index (χ1v) is 16.0. The fraction of sp³-hybridized carbons (Fsp3) is 0.0278. The van der Waals surface area contributed by atoms with Crippen molar-refractivity contribution in [3.05, 3.63) is 165 Å². The number of anilines is 2. The van der Waals surface area contributed by atoms with Gasteiger partial charge in [0.15, 0.2) is 0 Å². The van der Waals surface area contributed by atoms with Crippen molar-refractivity contribution < 1.29 is 14.4 Å². The fourth-order valence-corrected chi connectivity index (χ4v) is 6.00. The molecule has 5 aromatic carbocycles. The topological polar surface area (TPSA) is 87.3 Å². The van der Waals surface area contributed by atoms with Crippen LogP contribution in [0.2, 0.25) is 15.1 Å². The Kier molecular flexibility index (Phi) is 11.2. The van der Waals surface area contributed by atoms with Gasteiger partial charge in [-0.15, -0.1) is 11.8 Å². The molecule has 0 aliphatic carbocycles. The van der Waals surface area contributed by atoms with Crippen molar-refractivity contribution in [2.24, 2.45) is 0 Å². The molecule has 46 heavy (non-hydrogen) atoms. The van der Waals surface area contributed by atoms with Crippen molar-refractivity contribution in [3.63, 3.8) is 0 Å². The van der Waals surface area contributed by atoms with Crippen LogP contribution in [0.1, 0.15) is 26.7 Å². The predicted molar refractivity (Wildman–Crippen MR) is 189 cm³/mol. The molecule has 5 rings (SSSR count). The summed E-state index contributed by atoms with van der Waals surface area (Å²) in [4.78, 5) is 40.9. The Morgan fingerprint density at radius 2 is 1.33 bits per heavy atom. The maximum Gasteiger partial charge on any atom is 0.272 e. The van der Waals surface area contributed by atoms with Crippen LogP contribution in [0.4, 0.5) is 11.4 Å². The van der Waals surface area contributed by atoms with Gasteiger partial charge in [-0.2, -0.15) is 0 Å². The molecule has 3 N–H and O–H groups in total. The van der Waals surface area contributed by atoms with Gasteiger partial charge in [-0.25, -0.2) is 0 Å². The molecule has 5 aromatic rings. The number of halogens is 3. The van der Waals surface area contributed by atoms with E-state index in [-0.39, 0.29) is 16.6 Å². The highest BCUT2D eigenvalue weighted by Gasteiger charge is 2.23. The van der Waals surface area contributed by atoms with Crippen LogP contribution in [-0.2, 0) is 9.59 Å². The number of carbonyl (C=O) groups is 3. The standard InChI is InChI=1S/C36H26Cl3N3O3S/c37-28-18-7-8-20-30(28)41-36(45)33(23-11-3-1-4-12-23)46-27-17-10-16-26(22-27)40-35(44)31(21-25-15-9-19-29(38)32(25)39)42-34(43)24-13-5-2-6-14-24/h1-22,33H,(H,40,44)(H,41,45)(H,42,43)/b31-21+. The Morgan fingerprint density at radius 1 is 0.674 bits per heavy atom. The quantitative estimate of drug-likeness (QED) is 0.101. The molecule has 0 aliphatic heterocycles. The molecule has 3 amide bonds. The second-order valence-electron chi connectivity index (χ2n) is 9.88. The van der Waals surface area contributed by atoms with E-state index >= 15 is 0 Å². The molecule has 1 atom stereocenters. The molecule has 0 saturated carbocycles. The van der Waals surface area contributed by atoms with Gasteiger partial charge in [0, 0.05) is 16.1 Å². The van der Waals surface area contributed by atoms with Crippen LogP contribution in [0, 0.1) is 0 Å². The minimum atomic E-state index is -0.631. The molecule has 0 spiro atoms. The molecule has 0 radical (unpaired) electrons. The molecule has 6 nitrogen and oxygen atoms in total. The lowest BCUT2D eigenvalue weighted by atomic mass is 10.1. The molecule has 0 fully saturated rings. The second kappa shape index (κ2) is 15.7. The van der Waals surface area contributed by atoms with Crippen molar-refractivity contribution in [1.29, 1.82) is 0 Å². The van der Waals surface area contributed by atoms with Gasteiger partial charge in [-0.1, -0.05) is 114 Å². The van der Waals surface area contributed by atoms with E-state index in [0.29, 0.717) is 32.5 Å². The minimum Gasteiger partial charge on any atom is -0.323 e. The van der Waals surface area contributed by atoms with E-state index in [1.807, 2.05) is 36.4 Å². The third-order valence-corrected chi connectivity index (χ3v) is 9.04. The lowest BCUT2D eigenvalue weighted by molar-refractivity contribution is -0.116. The van der Waals surface area contributed by atoms with Crippen LogP contribution in [-0.4, -0.2) is 17.7 Å². The average molecular weight is 687 g/mol. The maximum atomic E-state index is 13.6. The summed E-state index contributed by atoms with van der Waals surface area (Å²) in [5.74, 6) is -1.32. The fourth-order valence-electron chi connectivity index (χ4n) is 4.37.